The van der Waals surface area contributed by atoms with Crippen LogP contribution in [0.5, 0.6) is 0 Å². The molecule has 0 heterocycles. The van der Waals surface area contributed by atoms with Crippen LogP contribution in [0.3, 0.4) is 0 Å². The monoisotopic (exact) mass is 204 g/mol. The third-order valence-electron chi connectivity index (χ3n) is 2.91. The van der Waals surface area contributed by atoms with Gasteiger partial charge in [-0.25, -0.2) is 4.39 Å². The van der Waals surface area contributed by atoms with Crippen molar-refractivity contribution < 1.29 is 9.18 Å². The molecule has 1 aliphatic carbocycles. The van der Waals surface area contributed by atoms with Crippen molar-refractivity contribution in [3.05, 3.63) is 47.8 Å². The van der Waals surface area contributed by atoms with E-state index in [1.807, 2.05) is 0 Å². The maximum absolute atomic E-state index is 13.0. The number of aryl methyl sites for hydroxylation is 1. The van der Waals surface area contributed by atoms with E-state index in [2.05, 4.69) is 6.58 Å². The van der Waals surface area contributed by atoms with E-state index in [-0.39, 0.29) is 17.5 Å². The maximum atomic E-state index is 13.0. The van der Waals surface area contributed by atoms with Crippen molar-refractivity contribution in [1.29, 1.82) is 0 Å². The Morgan fingerprint density at radius 1 is 1.47 bits per heavy atom. The van der Waals surface area contributed by atoms with Gasteiger partial charge in [-0.2, -0.15) is 0 Å². The van der Waals surface area contributed by atoms with Gasteiger partial charge in [0.2, 0.25) is 0 Å². The summed E-state index contributed by atoms with van der Waals surface area (Å²) >= 11 is 0. The van der Waals surface area contributed by atoms with E-state index in [9.17, 15) is 9.18 Å². The molecule has 1 nitrogen and oxygen atoms in total. The molecular weight excluding hydrogens is 191 g/mol. The number of hydrogen-bond donors (Lipinski definition) is 0. The number of Topliss-reactive ketones (excluding diaryl/α,β-unsaturated/α-hetero) is 1. The normalized spacial score (nSPS) is 19.8. The Kier molecular flexibility index (Phi) is 2.67. The third kappa shape index (κ3) is 1.84. The summed E-state index contributed by atoms with van der Waals surface area (Å²) < 4.78 is 13.0. The first kappa shape index (κ1) is 10.1. The van der Waals surface area contributed by atoms with Gasteiger partial charge in [0.15, 0.2) is 0 Å². The number of allylic oxidation sites excluding steroid dienone is 1. The number of ketones is 1. The number of fused-ring (bicyclic) bond motifs is 1. The minimum Gasteiger partial charge on any atom is -0.299 e. The molecule has 1 unspecified atom stereocenters. The highest BCUT2D eigenvalue weighted by Crippen LogP contribution is 2.32. The average Bonchev–Trinajstić information content (AvgIpc) is 2.22. The zero-order chi connectivity index (χ0) is 10.8. The summed E-state index contributed by atoms with van der Waals surface area (Å²) in [7, 11) is 0. The van der Waals surface area contributed by atoms with E-state index in [1.165, 1.54) is 12.1 Å². The highest BCUT2D eigenvalue weighted by atomic mass is 19.1. The summed E-state index contributed by atoms with van der Waals surface area (Å²) in [6, 6.07) is 4.70. The number of hydrogen-bond acceptors (Lipinski definition) is 1. The van der Waals surface area contributed by atoms with E-state index in [0.717, 1.165) is 11.1 Å². The Bertz CT molecular complexity index is 409. The van der Waals surface area contributed by atoms with Crippen LogP contribution in [-0.2, 0) is 11.2 Å². The fourth-order valence-electron chi connectivity index (χ4n) is 2.16. The Labute approximate surface area is 88.6 Å². The van der Waals surface area contributed by atoms with Gasteiger partial charge in [0.1, 0.15) is 11.6 Å². The van der Waals surface area contributed by atoms with Crippen molar-refractivity contribution in [2.75, 3.05) is 0 Å². The molecule has 0 spiro atoms. The number of carbonyl (C=O) groups is 1. The van der Waals surface area contributed by atoms with Crippen molar-refractivity contribution in [3.63, 3.8) is 0 Å². The zero-order valence-electron chi connectivity index (χ0n) is 8.50. The topological polar surface area (TPSA) is 17.1 Å². The van der Waals surface area contributed by atoms with Crippen LogP contribution in [0.25, 0.3) is 0 Å². The van der Waals surface area contributed by atoms with Gasteiger partial charge < -0.3 is 0 Å². The van der Waals surface area contributed by atoms with Crippen molar-refractivity contribution >= 4 is 5.78 Å². The van der Waals surface area contributed by atoms with E-state index < -0.39 is 0 Å². The van der Waals surface area contributed by atoms with Crippen LogP contribution in [0.15, 0.2) is 30.9 Å². The van der Waals surface area contributed by atoms with E-state index in [0.29, 0.717) is 19.3 Å². The Hall–Kier alpha value is -1.44. The minimum atomic E-state index is -0.222. The quantitative estimate of drug-likeness (QED) is 0.677. The maximum Gasteiger partial charge on any atom is 0.140 e. The lowest BCUT2D eigenvalue weighted by atomic mass is 9.80. The Balaban J connectivity index is 2.43. The summed E-state index contributed by atoms with van der Waals surface area (Å²) in [4.78, 5) is 11.7. The molecule has 0 fully saturated rings. The fourth-order valence-corrected chi connectivity index (χ4v) is 2.16. The van der Waals surface area contributed by atoms with Gasteiger partial charge in [0.25, 0.3) is 0 Å². The predicted octanol–water partition coefficient (Wildman–Crippen LogP) is 3.00. The molecule has 15 heavy (non-hydrogen) atoms. The average molecular weight is 204 g/mol. The summed E-state index contributed by atoms with van der Waals surface area (Å²) in [6.45, 7) is 3.65. The van der Waals surface area contributed by atoms with Crippen LogP contribution >= 0.6 is 0 Å². The third-order valence-corrected chi connectivity index (χ3v) is 2.91. The minimum absolute atomic E-state index is 0.105. The van der Waals surface area contributed by atoms with E-state index in [4.69, 9.17) is 0 Å². The molecule has 2 heteroatoms. The van der Waals surface area contributed by atoms with Crippen molar-refractivity contribution in [2.24, 2.45) is 0 Å². The molecule has 0 bridgehead atoms. The summed E-state index contributed by atoms with van der Waals surface area (Å²) in [6.07, 6.45) is 3.59. The second-order valence-corrected chi connectivity index (χ2v) is 3.89. The second kappa shape index (κ2) is 3.97. The van der Waals surface area contributed by atoms with Gasteiger partial charge in [-0.1, -0.05) is 12.1 Å². The molecule has 78 valence electrons. The molecule has 2 rings (SSSR count). The van der Waals surface area contributed by atoms with Crippen LogP contribution in [0, 0.1) is 5.82 Å². The largest absolute Gasteiger partial charge is 0.299 e. The smallest absolute Gasteiger partial charge is 0.140 e. The zero-order valence-corrected chi connectivity index (χ0v) is 8.50. The molecule has 0 N–H and O–H groups in total. The van der Waals surface area contributed by atoms with Crippen LogP contribution in [0.1, 0.15) is 29.9 Å². The lowest BCUT2D eigenvalue weighted by molar-refractivity contribution is -0.120. The van der Waals surface area contributed by atoms with Crippen molar-refractivity contribution in [1.82, 2.24) is 0 Å². The molecule has 1 atom stereocenters. The fraction of sp³-hybridized carbons (Fsp3) is 0.308. The Morgan fingerprint density at radius 2 is 2.27 bits per heavy atom. The molecule has 1 aromatic carbocycles. The summed E-state index contributed by atoms with van der Waals surface area (Å²) in [5, 5.41) is 0. The predicted molar refractivity (Wildman–Crippen MR) is 57.3 cm³/mol. The van der Waals surface area contributed by atoms with Gasteiger partial charge in [-0.05, 0) is 36.1 Å². The number of rotatable bonds is 2. The van der Waals surface area contributed by atoms with Crippen LogP contribution in [0.4, 0.5) is 4.39 Å². The molecule has 0 saturated carbocycles. The number of carbonyl (C=O) groups excluding carboxylic acids is 1. The van der Waals surface area contributed by atoms with Crippen LogP contribution < -0.4 is 0 Å². The van der Waals surface area contributed by atoms with Crippen LogP contribution in [-0.4, -0.2) is 5.78 Å². The van der Waals surface area contributed by atoms with Gasteiger partial charge in [0.05, 0.1) is 0 Å². The molecule has 1 aromatic rings. The molecule has 0 aliphatic heterocycles. The van der Waals surface area contributed by atoms with E-state index in [1.54, 1.807) is 12.1 Å². The lowest BCUT2D eigenvalue weighted by Crippen LogP contribution is -2.20. The standard InChI is InChI=1S/C13H13FO/c1-2-3-12-11-6-5-10(14)8-9(11)4-7-13(12)15/h2,5-6,8,12H,1,3-4,7H2. The Morgan fingerprint density at radius 3 is 3.00 bits per heavy atom. The molecule has 0 amide bonds. The van der Waals surface area contributed by atoms with Crippen molar-refractivity contribution in [3.8, 4) is 0 Å². The lowest BCUT2D eigenvalue weighted by Gasteiger charge is -2.23. The molecule has 1 aliphatic rings. The number of halogens is 1. The van der Waals surface area contributed by atoms with Crippen LogP contribution in [0.2, 0.25) is 0 Å². The second-order valence-electron chi connectivity index (χ2n) is 3.89. The number of benzene rings is 1. The van der Waals surface area contributed by atoms with Gasteiger partial charge >= 0.3 is 0 Å². The first-order valence-corrected chi connectivity index (χ1v) is 5.14. The van der Waals surface area contributed by atoms with Gasteiger partial charge in [-0.3, -0.25) is 4.79 Å². The molecule has 0 radical (unpaired) electrons. The van der Waals surface area contributed by atoms with Gasteiger partial charge in [-0.15, -0.1) is 6.58 Å². The van der Waals surface area contributed by atoms with E-state index >= 15 is 0 Å². The first-order chi connectivity index (χ1) is 7.22. The molecule has 0 saturated heterocycles. The molecular formula is C13H13FO. The van der Waals surface area contributed by atoms with Gasteiger partial charge in [0, 0.05) is 12.3 Å². The highest BCUT2D eigenvalue weighted by Gasteiger charge is 2.26. The SMILES string of the molecule is C=CCC1C(=O)CCc2cc(F)ccc21. The highest BCUT2D eigenvalue weighted by molar-refractivity contribution is 5.88. The van der Waals surface area contributed by atoms with Crippen molar-refractivity contribution in [2.45, 2.75) is 25.2 Å². The first-order valence-electron chi connectivity index (χ1n) is 5.14. The summed E-state index contributed by atoms with van der Waals surface area (Å²) in [5.41, 5.74) is 1.95. The molecule has 0 aromatic heterocycles. The summed E-state index contributed by atoms with van der Waals surface area (Å²) in [5.74, 6) is -0.0821.